The minimum absolute atomic E-state index is 0.471. The highest BCUT2D eigenvalue weighted by Gasteiger charge is 2.28. The highest BCUT2D eigenvalue weighted by Crippen LogP contribution is 2.28. The number of nitrogens with two attached hydrogens (primary N) is 1. The maximum atomic E-state index is 5.96. The highest BCUT2D eigenvalue weighted by atomic mass is 15.2. The van der Waals surface area contributed by atoms with Gasteiger partial charge in [-0.3, -0.25) is 0 Å². The van der Waals surface area contributed by atoms with Gasteiger partial charge >= 0.3 is 0 Å². The summed E-state index contributed by atoms with van der Waals surface area (Å²) in [7, 11) is 0. The van der Waals surface area contributed by atoms with Gasteiger partial charge in [0.25, 0.3) is 0 Å². The zero-order chi connectivity index (χ0) is 13.6. The van der Waals surface area contributed by atoms with Crippen LogP contribution in [0.4, 0.5) is 0 Å². The van der Waals surface area contributed by atoms with Gasteiger partial charge in [-0.05, 0) is 56.7 Å². The minimum Gasteiger partial charge on any atom is -0.330 e. The Kier molecular flexibility index (Phi) is 6.65. The summed E-state index contributed by atoms with van der Waals surface area (Å²) in [6.45, 7) is 12.6. The van der Waals surface area contributed by atoms with E-state index < -0.39 is 0 Å². The second-order valence-electron chi connectivity index (χ2n) is 7.14. The molecule has 1 rings (SSSR count). The summed E-state index contributed by atoms with van der Waals surface area (Å²) in [5, 5.41) is 0. The molecule has 2 N–H and O–H groups in total. The molecule has 1 aliphatic carbocycles. The Bertz CT molecular complexity index is 220. The lowest BCUT2D eigenvalue weighted by atomic mass is 9.83. The molecule has 2 heteroatoms. The first kappa shape index (κ1) is 16.0. The largest absolute Gasteiger partial charge is 0.330 e. The van der Waals surface area contributed by atoms with E-state index in [2.05, 4.69) is 32.6 Å². The average Bonchev–Trinajstić information content (AvgIpc) is 2.33. The Balaban J connectivity index is 2.43. The fraction of sp³-hybridized carbons (Fsp3) is 1.00. The molecule has 0 amide bonds. The Morgan fingerprint density at radius 1 is 1.17 bits per heavy atom. The Morgan fingerprint density at radius 2 is 1.83 bits per heavy atom. The van der Waals surface area contributed by atoms with Gasteiger partial charge in [-0.2, -0.15) is 0 Å². The first-order valence-electron chi connectivity index (χ1n) is 7.92. The number of hydrogen-bond acceptors (Lipinski definition) is 2. The van der Waals surface area contributed by atoms with Crippen LogP contribution in [0.5, 0.6) is 0 Å². The molecule has 0 aromatic carbocycles. The third-order valence-corrected chi connectivity index (χ3v) is 4.42. The summed E-state index contributed by atoms with van der Waals surface area (Å²) < 4.78 is 0. The molecule has 2 unspecified atom stereocenters. The van der Waals surface area contributed by atoms with Crippen LogP contribution in [-0.2, 0) is 0 Å². The Morgan fingerprint density at radius 3 is 2.39 bits per heavy atom. The summed E-state index contributed by atoms with van der Waals surface area (Å²) >= 11 is 0. The predicted octanol–water partition coefficient (Wildman–Crippen LogP) is 3.65. The lowest BCUT2D eigenvalue weighted by Crippen LogP contribution is -2.45. The smallest absolute Gasteiger partial charge is 0.0135 e. The van der Waals surface area contributed by atoms with E-state index in [9.17, 15) is 0 Å². The normalized spacial score (nSPS) is 25.7. The molecule has 0 aromatic rings. The van der Waals surface area contributed by atoms with Crippen molar-refractivity contribution in [1.29, 1.82) is 0 Å². The van der Waals surface area contributed by atoms with E-state index in [-0.39, 0.29) is 0 Å². The van der Waals surface area contributed by atoms with Gasteiger partial charge in [-0.25, -0.2) is 0 Å². The molecule has 2 atom stereocenters. The zero-order valence-corrected chi connectivity index (χ0v) is 13.0. The molecule has 108 valence electrons. The van der Waals surface area contributed by atoms with Gasteiger partial charge in [0, 0.05) is 6.04 Å². The molecule has 0 heterocycles. The van der Waals surface area contributed by atoms with Crippen molar-refractivity contribution >= 4 is 0 Å². The second kappa shape index (κ2) is 7.49. The van der Waals surface area contributed by atoms with Crippen molar-refractivity contribution in [1.82, 2.24) is 4.90 Å². The number of rotatable bonds is 6. The van der Waals surface area contributed by atoms with Crippen LogP contribution >= 0.6 is 0 Å². The highest BCUT2D eigenvalue weighted by molar-refractivity contribution is 4.83. The topological polar surface area (TPSA) is 29.3 Å². The molecule has 1 fully saturated rings. The number of nitrogens with zero attached hydrogens (tertiary/aromatic N) is 1. The maximum absolute atomic E-state index is 5.96. The van der Waals surface area contributed by atoms with Crippen LogP contribution in [0.3, 0.4) is 0 Å². The van der Waals surface area contributed by atoms with Crippen LogP contribution in [-0.4, -0.2) is 30.6 Å². The van der Waals surface area contributed by atoms with Crippen molar-refractivity contribution in [2.75, 3.05) is 19.6 Å². The fourth-order valence-electron chi connectivity index (χ4n) is 3.31. The molecule has 1 saturated carbocycles. The van der Waals surface area contributed by atoms with Crippen molar-refractivity contribution in [3.63, 3.8) is 0 Å². The van der Waals surface area contributed by atoms with Crippen LogP contribution in [0.25, 0.3) is 0 Å². The average molecular weight is 254 g/mol. The van der Waals surface area contributed by atoms with E-state index in [1.807, 2.05) is 0 Å². The SMILES string of the molecule is CCN(CCCC(C)(C)C)C1CCCCC1CN. The molecule has 1 aliphatic rings. The molecule has 0 spiro atoms. The first-order valence-corrected chi connectivity index (χ1v) is 7.92. The maximum Gasteiger partial charge on any atom is 0.0135 e. The third kappa shape index (κ3) is 5.27. The van der Waals surface area contributed by atoms with Crippen LogP contribution in [0.15, 0.2) is 0 Å². The lowest BCUT2D eigenvalue weighted by molar-refractivity contribution is 0.107. The molecular weight excluding hydrogens is 220 g/mol. The van der Waals surface area contributed by atoms with Crippen molar-refractivity contribution in [3.8, 4) is 0 Å². The van der Waals surface area contributed by atoms with Crippen LogP contribution < -0.4 is 5.73 Å². The Labute approximate surface area is 114 Å². The van der Waals surface area contributed by atoms with Gasteiger partial charge in [0.2, 0.25) is 0 Å². The van der Waals surface area contributed by atoms with Crippen LogP contribution in [0.2, 0.25) is 0 Å². The van der Waals surface area contributed by atoms with E-state index in [4.69, 9.17) is 5.73 Å². The minimum atomic E-state index is 0.471. The van der Waals surface area contributed by atoms with Crippen LogP contribution in [0, 0.1) is 11.3 Å². The van der Waals surface area contributed by atoms with Crippen molar-refractivity contribution in [2.45, 2.75) is 72.3 Å². The quantitative estimate of drug-likeness (QED) is 0.784. The predicted molar refractivity (Wildman–Crippen MR) is 80.7 cm³/mol. The fourth-order valence-corrected chi connectivity index (χ4v) is 3.31. The number of hydrogen-bond donors (Lipinski definition) is 1. The van der Waals surface area contributed by atoms with E-state index >= 15 is 0 Å². The molecule has 0 bridgehead atoms. The summed E-state index contributed by atoms with van der Waals surface area (Å²) in [5.41, 5.74) is 6.43. The van der Waals surface area contributed by atoms with Crippen molar-refractivity contribution < 1.29 is 0 Å². The second-order valence-corrected chi connectivity index (χ2v) is 7.14. The summed E-state index contributed by atoms with van der Waals surface area (Å²) in [6.07, 6.45) is 8.14. The monoisotopic (exact) mass is 254 g/mol. The van der Waals surface area contributed by atoms with E-state index in [0.29, 0.717) is 5.41 Å². The van der Waals surface area contributed by atoms with Crippen molar-refractivity contribution in [3.05, 3.63) is 0 Å². The van der Waals surface area contributed by atoms with E-state index in [0.717, 1.165) is 18.5 Å². The van der Waals surface area contributed by atoms with Gasteiger partial charge in [0.05, 0.1) is 0 Å². The third-order valence-electron chi connectivity index (χ3n) is 4.42. The van der Waals surface area contributed by atoms with Gasteiger partial charge in [0.15, 0.2) is 0 Å². The summed E-state index contributed by atoms with van der Waals surface area (Å²) in [6, 6.07) is 0.758. The summed E-state index contributed by atoms with van der Waals surface area (Å²) in [5.74, 6) is 0.744. The molecule has 18 heavy (non-hydrogen) atoms. The van der Waals surface area contributed by atoms with Gasteiger partial charge < -0.3 is 10.6 Å². The molecule has 2 nitrogen and oxygen atoms in total. The van der Waals surface area contributed by atoms with E-state index in [1.165, 1.54) is 51.6 Å². The van der Waals surface area contributed by atoms with Crippen molar-refractivity contribution in [2.24, 2.45) is 17.1 Å². The molecular formula is C16H34N2. The van der Waals surface area contributed by atoms with Gasteiger partial charge in [0.1, 0.15) is 0 Å². The Hall–Kier alpha value is -0.0800. The van der Waals surface area contributed by atoms with Crippen LogP contribution in [0.1, 0.15) is 66.2 Å². The first-order chi connectivity index (χ1) is 8.48. The zero-order valence-electron chi connectivity index (χ0n) is 13.0. The standard InChI is InChI=1S/C16H34N2/c1-5-18(12-8-11-16(2,3)4)15-10-7-6-9-14(15)13-17/h14-15H,5-13,17H2,1-4H3. The molecule has 0 aliphatic heterocycles. The summed E-state index contributed by atoms with van der Waals surface area (Å²) in [4.78, 5) is 2.70. The van der Waals surface area contributed by atoms with Gasteiger partial charge in [-0.15, -0.1) is 0 Å². The van der Waals surface area contributed by atoms with Gasteiger partial charge in [-0.1, -0.05) is 40.5 Å². The molecule has 0 aromatic heterocycles. The molecule has 0 saturated heterocycles. The lowest BCUT2D eigenvalue weighted by Gasteiger charge is -2.39. The molecule has 0 radical (unpaired) electrons. The van der Waals surface area contributed by atoms with E-state index in [1.54, 1.807) is 0 Å².